The van der Waals surface area contributed by atoms with Gasteiger partial charge in [0.2, 0.25) is 0 Å². The fourth-order valence-corrected chi connectivity index (χ4v) is 4.36. The predicted octanol–water partition coefficient (Wildman–Crippen LogP) is -0.141. The first-order chi connectivity index (χ1) is 11.8. The summed E-state index contributed by atoms with van der Waals surface area (Å²) < 4.78 is 0. The highest BCUT2D eigenvalue weighted by Crippen LogP contribution is 2.48. The summed E-state index contributed by atoms with van der Waals surface area (Å²) in [4.78, 5) is 22.9. The van der Waals surface area contributed by atoms with Crippen molar-refractivity contribution in [2.75, 3.05) is 23.4 Å². The molecular weight excluding hydrogens is 370 g/mol. The quantitative estimate of drug-likeness (QED) is 0.244. The standard InChI is InChI=1S/C14H19N3O6S2/c15-2-8(18)5-1-9-10(17-7(4-24-9)14(22)23)11(19)12(5)25-3-6(16)13(20)21/h1,6-8,17-19H,2-4,15-16H2,(H,20,21)(H,22,23)/t6-,7-,8?/m0/s1. The van der Waals surface area contributed by atoms with Crippen LogP contribution in [0.5, 0.6) is 5.75 Å². The summed E-state index contributed by atoms with van der Waals surface area (Å²) in [6.07, 6.45) is -1.06. The van der Waals surface area contributed by atoms with Gasteiger partial charge in [0.15, 0.2) is 5.75 Å². The van der Waals surface area contributed by atoms with Crippen LogP contribution in [0.25, 0.3) is 0 Å². The van der Waals surface area contributed by atoms with Crippen LogP contribution in [0.15, 0.2) is 15.9 Å². The molecule has 0 spiro atoms. The van der Waals surface area contributed by atoms with Gasteiger partial charge in [-0.15, -0.1) is 23.5 Å². The maximum Gasteiger partial charge on any atom is 0.327 e. The summed E-state index contributed by atoms with van der Waals surface area (Å²) in [6, 6.07) is -0.401. The van der Waals surface area contributed by atoms with E-state index in [1.165, 1.54) is 11.8 Å². The summed E-state index contributed by atoms with van der Waals surface area (Å²) in [5.41, 5.74) is 11.6. The second-order valence-corrected chi connectivity index (χ2v) is 7.46. The number of aliphatic carboxylic acids is 2. The average molecular weight is 389 g/mol. The van der Waals surface area contributed by atoms with Crippen molar-refractivity contribution in [1.29, 1.82) is 0 Å². The number of carbonyl (C=O) groups is 2. The zero-order valence-corrected chi connectivity index (χ0v) is 14.6. The lowest BCUT2D eigenvalue weighted by atomic mass is 10.1. The highest BCUT2D eigenvalue weighted by molar-refractivity contribution is 8.00. The van der Waals surface area contributed by atoms with E-state index in [0.29, 0.717) is 10.5 Å². The first-order valence-corrected chi connectivity index (χ1v) is 9.24. The van der Waals surface area contributed by atoms with E-state index in [-0.39, 0.29) is 34.4 Å². The van der Waals surface area contributed by atoms with Gasteiger partial charge in [0, 0.05) is 28.5 Å². The van der Waals surface area contributed by atoms with Crippen LogP contribution in [0.4, 0.5) is 5.69 Å². The number of rotatable bonds is 7. The molecule has 0 bridgehead atoms. The van der Waals surface area contributed by atoms with Gasteiger partial charge in [0.1, 0.15) is 12.1 Å². The van der Waals surface area contributed by atoms with Crippen molar-refractivity contribution in [1.82, 2.24) is 0 Å². The Bertz CT molecular complexity index is 687. The molecule has 25 heavy (non-hydrogen) atoms. The first kappa shape index (κ1) is 19.7. The van der Waals surface area contributed by atoms with Crippen molar-refractivity contribution >= 4 is 41.1 Å². The maximum atomic E-state index is 11.2. The van der Waals surface area contributed by atoms with Gasteiger partial charge in [-0.2, -0.15) is 0 Å². The highest BCUT2D eigenvalue weighted by atomic mass is 32.2. The van der Waals surface area contributed by atoms with Crippen LogP contribution in [0.2, 0.25) is 0 Å². The van der Waals surface area contributed by atoms with E-state index in [4.69, 9.17) is 21.7 Å². The molecule has 1 aliphatic rings. The van der Waals surface area contributed by atoms with Crippen LogP contribution in [0.1, 0.15) is 11.7 Å². The number of phenolic OH excluding ortho intramolecular Hbond substituents is 1. The van der Waals surface area contributed by atoms with Crippen LogP contribution in [0, 0.1) is 0 Å². The summed E-state index contributed by atoms with van der Waals surface area (Å²) in [5, 5.41) is 41.5. The summed E-state index contributed by atoms with van der Waals surface area (Å²) in [7, 11) is 0. The average Bonchev–Trinajstić information content (AvgIpc) is 2.59. The molecule has 1 aliphatic heterocycles. The summed E-state index contributed by atoms with van der Waals surface area (Å²) >= 11 is 2.20. The fraction of sp³-hybridized carbons (Fsp3) is 0.429. The van der Waals surface area contributed by atoms with Crippen LogP contribution in [-0.4, -0.2) is 62.5 Å². The number of carboxylic acid groups (broad SMARTS) is 2. The Morgan fingerprint density at radius 2 is 2.12 bits per heavy atom. The number of nitrogens with two attached hydrogens (primary N) is 2. The minimum absolute atomic E-state index is 0.0402. The Hall–Kier alpha value is -1.66. The van der Waals surface area contributed by atoms with E-state index < -0.39 is 30.1 Å². The number of fused-ring (bicyclic) bond motifs is 1. The SMILES string of the molecule is NCC(O)c1cc2c(c(O)c1SC[C@H](N)C(=O)O)N[C@H](C(=O)O)CS2. The van der Waals surface area contributed by atoms with Gasteiger partial charge in [0.05, 0.1) is 16.7 Å². The second kappa shape index (κ2) is 8.15. The zero-order chi connectivity index (χ0) is 18.7. The van der Waals surface area contributed by atoms with Crippen LogP contribution >= 0.6 is 23.5 Å². The van der Waals surface area contributed by atoms with E-state index >= 15 is 0 Å². The monoisotopic (exact) mass is 389 g/mol. The second-order valence-electron chi connectivity index (χ2n) is 5.37. The van der Waals surface area contributed by atoms with Crippen molar-refractivity contribution < 1.29 is 30.0 Å². The molecule has 138 valence electrons. The van der Waals surface area contributed by atoms with Crippen molar-refractivity contribution in [2.24, 2.45) is 11.5 Å². The third-order valence-electron chi connectivity index (χ3n) is 3.58. The molecule has 9 nitrogen and oxygen atoms in total. The fourth-order valence-electron chi connectivity index (χ4n) is 2.19. The Labute approximate surface area is 151 Å². The minimum atomic E-state index is -1.19. The Balaban J connectivity index is 2.42. The molecule has 1 unspecified atom stereocenters. The molecule has 0 radical (unpaired) electrons. The van der Waals surface area contributed by atoms with Gasteiger partial charge >= 0.3 is 11.9 Å². The normalized spacial score (nSPS) is 18.8. The molecule has 1 heterocycles. The number of carboxylic acids is 2. The lowest BCUT2D eigenvalue weighted by molar-refractivity contribution is -0.138. The van der Waals surface area contributed by atoms with Crippen LogP contribution < -0.4 is 16.8 Å². The van der Waals surface area contributed by atoms with Crippen molar-refractivity contribution in [3.63, 3.8) is 0 Å². The van der Waals surface area contributed by atoms with E-state index in [2.05, 4.69) is 5.32 Å². The Morgan fingerprint density at radius 1 is 1.44 bits per heavy atom. The van der Waals surface area contributed by atoms with Gasteiger partial charge in [0.25, 0.3) is 0 Å². The Kier molecular flexibility index (Phi) is 6.41. The molecule has 2 rings (SSSR count). The number of benzene rings is 1. The lowest BCUT2D eigenvalue weighted by Crippen LogP contribution is -2.34. The predicted molar refractivity (Wildman–Crippen MR) is 94.2 cm³/mol. The van der Waals surface area contributed by atoms with Crippen LogP contribution in [0.3, 0.4) is 0 Å². The molecule has 1 aromatic rings. The smallest absolute Gasteiger partial charge is 0.327 e. The van der Waals surface area contributed by atoms with E-state index in [0.717, 1.165) is 11.8 Å². The number of aliphatic hydroxyl groups is 1. The molecule has 0 fully saturated rings. The van der Waals surface area contributed by atoms with Gasteiger partial charge in [-0.25, -0.2) is 4.79 Å². The van der Waals surface area contributed by atoms with Gasteiger partial charge in [-0.05, 0) is 6.07 Å². The van der Waals surface area contributed by atoms with E-state index in [1.54, 1.807) is 6.07 Å². The molecule has 0 aliphatic carbocycles. The summed E-state index contributed by atoms with van der Waals surface area (Å²) in [5.74, 6) is -2.27. The molecule has 3 atom stereocenters. The third kappa shape index (κ3) is 4.30. The molecular formula is C14H19N3O6S2. The zero-order valence-electron chi connectivity index (χ0n) is 13.0. The topological polar surface area (TPSA) is 179 Å². The highest BCUT2D eigenvalue weighted by Gasteiger charge is 2.30. The maximum absolute atomic E-state index is 11.2. The van der Waals surface area contributed by atoms with Crippen molar-refractivity contribution in [3.05, 3.63) is 11.6 Å². The van der Waals surface area contributed by atoms with Gasteiger partial charge < -0.3 is 37.2 Å². The number of hydrogen-bond donors (Lipinski definition) is 7. The molecule has 11 heteroatoms. The number of phenols is 1. The number of aromatic hydroxyl groups is 1. The molecule has 0 aromatic heterocycles. The van der Waals surface area contributed by atoms with Gasteiger partial charge in [-0.1, -0.05) is 0 Å². The first-order valence-electron chi connectivity index (χ1n) is 7.27. The number of nitrogens with one attached hydrogen (secondary N) is 1. The molecule has 0 saturated heterocycles. The van der Waals surface area contributed by atoms with E-state index in [1.807, 2.05) is 0 Å². The molecule has 1 aromatic carbocycles. The Morgan fingerprint density at radius 3 is 2.68 bits per heavy atom. The lowest BCUT2D eigenvalue weighted by Gasteiger charge is -2.27. The number of anilines is 1. The minimum Gasteiger partial charge on any atom is -0.505 e. The van der Waals surface area contributed by atoms with Crippen molar-refractivity contribution in [2.45, 2.75) is 28.0 Å². The largest absolute Gasteiger partial charge is 0.505 e. The third-order valence-corrected chi connectivity index (χ3v) is 5.95. The van der Waals surface area contributed by atoms with E-state index in [9.17, 15) is 19.8 Å². The summed E-state index contributed by atoms with van der Waals surface area (Å²) in [6.45, 7) is -0.0907. The molecule has 0 saturated carbocycles. The molecule has 0 amide bonds. The number of aliphatic hydroxyl groups excluding tert-OH is 1. The van der Waals surface area contributed by atoms with Crippen molar-refractivity contribution in [3.8, 4) is 5.75 Å². The number of thioether (sulfide) groups is 2. The van der Waals surface area contributed by atoms with Gasteiger partial charge in [-0.3, -0.25) is 4.79 Å². The number of hydrogen-bond acceptors (Lipinski definition) is 9. The molecule has 9 N–H and O–H groups in total. The van der Waals surface area contributed by atoms with Crippen LogP contribution in [-0.2, 0) is 9.59 Å².